The van der Waals surface area contributed by atoms with Gasteiger partial charge in [-0.15, -0.1) is 0 Å². The van der Waals surface area contributed by atoms with Gasteiger partial charge in [-0.1, -0.05) is 29.8 Å². The van der Waals surface area contributed by atoms with Gasteiger partial charge in [-0.05, 0) is 43.2 Å². The number of halogens is 1. The minimum Gasteiger partial charge on any atom is -0.339 e. The van der Waals surface area contributed by atoms with Gasteiger partial charge >= 0.3 is 0 Å². The van der Waals surface area contributed by atoms with Crippen LogP contribution < -0.4 is 0 Å². The third kappa shape index (κ3) is 4.48. The highest BCUT2D eigenvalue weighted by Gasteiger charge is 2.24. The molecule has 1 aliphatic heterocycles. The van der Waals surface area contributed by atoms with Crippen molar-refractivity contribution in [1.29, 1.82) is 0 Å². The minimum atomic E-state index is -0.279. The molecule has 26 heavy (non-hydrogen) atoms. The Morgan fingerprint density at radius 1 is 0.962 bits per heavy atom. The Kier molecular flexibility index (Phi) is 5.66. The second-order valence-corrected chi connectivity index (χ2v) is 6.67. The molecule has 5 heteroatoms. The number of hydrogen-bond acceptors (Lipinski definition) is 2. The summed E-state index contributed by atoms with van der Waals surface area (Å²) in [6.45, 7) is 4.13. The Labute approximate surface area is 153 Å². The lowest BCUT2D eigenvalue weighted by molar-refractivity contribution is -0.132. The number of piperazine rings is 1. The number of aryl methyl sites for hydroxylation is 2. The average Bonchev–Trinajstić information content (AvgIpc) is 2.66. The fourth-order valence-electron chi connectivity index (χ4n) is 3.22. The molecule has 2 aromatic carbocycles. The van der Waals surface area contributed by atoms with Gasteiger partial charge in [0.15, 0.2) is 0 Å². The van der Waals surface area contributed by atoms with Crippen LogP contribution in [0.25, 0.3) is 0 Å². The van der Waals surface area contributed by atoms with E-state index in [4.69, 9.17) is 0 Å². The molecule has 0 bridgehead atoms. The van der Waals surface area contributed by atoms with Crippen molar-refractivity contribution in [3.05, 3.63) is 71.0 Å². The molecule has 0 N–H and O–H groups in total. The summed E-state index contributed by atoms with van der Waals surface area (Å²) in [5.74, 6) is -0.212. The fourth-order valence-corrected chi connectivity index (χ4v) is 3.22. The van der Waals surface area contributed by atoms with Crippen LogP contribution in [-0.2, 0) is 11.2 Å². The number of nitrogens with zero attached hydrogens (tertiary/aromatic N) is 2. The van der Waals surface area contributed by atoms with Crippen molar-refractivity contribution in [3.8, 4) is 0 Å². The first-order valence-electron chi connectivity index (χ1n) is 8.91. The predicted octanol–water partition coefficient (Wildman–Crippen LogP) is 3.05. The van der Waals surface area contributed by atoms with Gasteiger partial charge in [0.2, 0.25) is 5.91 Å². The average molecular weight is 354 g/mol. The van der Waals surface area contributed by atoms with Gasteiger partial charge in [-0.3, -0.25) is 9.59 Å². The summed E-state index contributed by atoms with van der Waals surface area (Å²) >= 11 is 0. The fraction of sp³-hybridized carbons (Fsp3) is 0.333. The Bertz CT molecular complexity index is 798. The maximum atomic E-state index is 13.2. The van der Waals surface area contributed by atoms with E-state index in [0.29, 0.717) is 44.6 Å². The van der Waals surface area contributed by atoms with Gasteiger partial charge < -0.3 is 9.80 Å². The van der Waals surface area contributed by atoms with Crippen molar-refractivity contribution in [3.63, 3.8) is 0 Å². The van der Waals surface area contributed by atoms with E-state index in [2.05, 4.69) is 0 Å². The SMILES string of the molecule is Cc1cccc(C(=O)N2CCN(C(=O)CCc3cccc(F)c3)CC2)c1. The van der Waals surface area contributed by atoms with Crippen LogP contribution in [0.4, 0.5) is 4.39 Å². The van der Waals surface area contributed by atoms with Gasteiger partial charge in [0.05, 0.1) is 0 Å². The van der Waals surface area contributed by atoms with Crippen LogP contribution in [0.1, 0.15) is 27.9 Å². The second kappa shape index (κ2) is 8.13. The molecular weight excluding hydrogens is 331 g/mol. The molecule has 0 atom stereocenters. The first-order valence-corrected chi connectivity index (χ1v) is 8.91. The molecule has 4 nitrogen and oxygen atoms in total. The van der Waals surface area contributed by atoms with Gasteiger partial charge in [0.1, 0.15) is 5.82 Å². The number of carbonyl (C=O) groups excluding carboxylic acids is 2. The summed E-state index contributed by atoms with van der Waals surface area (Å²) in [5.41, 5.74) is 2.57. The van der Waals surface area contributed by atoms with Crippen LogP contribution in [0.5, 0.6) is 0 Å². The van der Waals surface area contributed by atoms with E-state index >= 15 is 0 Å². The lowest BCUT2D eigenvalue weighted by Gasteiger charge is -2.35. The van der Waals surface area contributed by atoms with E-state index in [-0.39, 0.29) is 17.6 Å². The number of carbonyl (C=O) groups is 2. The lowest BCUT2D eigenvalue weighted by Crippen LogP contribution is -2.50. The maximum absolute atomic E-state index is 13.2. The maximum Gasteiger partial charge on any atom is 0.253 e. The van der Waals surface area contributed by atoms with Crippen LogP contribution in [0.3, 0.4) is 0 Å². The van der Waals surface area contributed by atoms with E-state index < -0.39 is 0 Å². The summed E-state index contributed by atoms with van der Waals surface area (Å²) in [6, 6.07) is 13.9. The number of benzene rings is 2. The smallest absolute Gasteiger partial charge is 0.253 e. The standard InChI is InChI=1S/C21H23FN2O2/c1-16-4-2-6-18(14-16)21(26)24-12-10-23(11-13-24)20(25)9-8-17-5-3-7-19(22)15-17/h2-7,14-15H,8-13H2,1H3. The van der Waals surface area contributed by atoms with E-state index in [1.807, 2.05) is 37.3 Å². The second-order valence-electron chi connectivity index (χ2n) is 6.67. The monoisotopic (exact) mass is 354 g/mol. The van der Waals surface area contributed by atoms with Crippen molar-refractivity contribution in [2.24, 2.45) is 0 Å². The molecule has 0 spiro atoms. The summed E-state index contributed by atoms with van der Waals surface area (Å²) in [4.78, 5) is 28.5. The van der Waals surface area contributed by atoms with E-state index in [1.54, 1.807) is 15.9 Å². The highest BCUT2D eigenvalue weighted by Crippen LogP contribution is 2.13. The van der Waals surface area contributed by atoms with Crippen molar-refractivity contribution in [2.45, 2.75) is 19.8 Å². The number of rotatable bonds is 4. The summed E-state index contributed by atoms with van der Waals surface area (Å²) in [6.07, 6.45) is 0.883. The molecule has 0 unspecified atom stereocenters. The summed E-state index contributed by atoms with van der Waals surface area (Å²) < 4.78 is 13.2. The molecule has 2 amide bonds. The molecule has 2 aromatic rings. The zero-order chi connectivity index (χ0) is 18.5. The van der Waals surface area contributed by atoms with Gasteiger partial charge in [-0.2, -0.15) is 0 Å². The Morgan fingerprint density at radius 3 is 2.35 bits per heavy atom. The van der Waals surface area contributed by atoms with Gasteiger partial charge in [-0.25, -0.2) is 4.39 Å². The molecule has 1 aliphatic rings. The lowest BCUT2D eigenvalue weighted by atomic mass is 10.1. The van der Waals surface area contributed by atoms with Crippen molar-refractivity contribution in [1.82, 2.24) is 9.80 Å². The van der Waals surface area contributed by atoms with Crippen molar-refractivity contribution >= 4 is 11.8 Å². The van der Waals surface area contributed by atoms with Crippen LogP contribution in [0.15, 0.2) is 48.5 Å². The number of hydrogen-bond donors (Lipinski definition) is 0. The Morgan fingerprint density at radius 2 is 1.65 bits per heavy atom. The van der Waals surface area contributed by atoms with Crippen molar-refractivity contribution < 1.29 is 14.0 Å². The molecule has 3 rings (SSSR count). The topological polar surface area (TPSA) is 40.6 Å². The normalized spacial score (nSPS) is 14.4. The third-order valence-corrected chi connectivity index (χ3v) is 4.70. The molecule has 1 heterocycles. The zero-order valence-electron chi connectivity index (χ0n) is 15.0. The Hall–Kier alpha value is -2.69. The van der Waals surface area contributed by atoms with Crippen LogP contribution >= 0.6 is 0 Å². The van der Waals surface area contributed by atoms with E-state index in [0.717, 1.165) is 11.1 Å². The zero-order valence-corrected chi connectivity index (χ0v) is 15.0. The molecule has 0 aliphatic carbocycles. The van der Waals surface area contributed by atoms with E-state index in [9.17, 15) is 14.0 Å². The largest absolute Gasteiger partial charge is 0.339 e. The summed E-state index contributed by atoms with van der Waals surface area (Å²) in [7, 11) is 0. The highest BCUT2D eigenvalue weighted by molar-refractivity contribution is 5.94. The van der Waals surface area contributed by atoms with Crippen LogP contribution in [-0.4, -0.2) is 47.8 Å². The van der Waals surface area contributed by atoms with Crippen molar-refractivity contribution in [2.75, 3.05) is 26.2 Å². The first-order chi connectivity index (χ1) is 12.5. The quantitative estimate of drug-likeness (QED) is 0.847. The molecule has 136 valence electrons. The van der Waals surface area contributed by atoms with E-state index in [1.165, 1.54) is 12.1 Å². The molecule has 0 aromatic heterocycles. The van der Waals surface area contributed by atoms with Gasteiger partial charge in [0, 0.05) is 38.2 Å². The Balaban J connectivity index is 1.50. The molecule has 1 fully saturated rings. The van der Waals surface area contributed by atoms with Crippen LogP contribution in [0.2, 0.25) is 0 Å². The molecular formula is C21H23FN2O2. The molecule has 0 saturated carbocycles. The van der Waals surface area contributed by atoms with Crippen LogP contribution in [0, 0.1) is 12.7 Å². The molecule has 1 saturated heterocycles. The molecule has 0 radical (unpaired) electrons. The highest BCUT2D eigenvalue weighted by atomic mass is 19.1. The summed E-state index contributed by atoms with van der Waals surface area (Å²) in [5, 5.41) is 0. The predicted molar refractivity (Wildman–Crippen MR) is 98.4 cm³/mol. The first kappa shape index (κ1) is 18.1. The minimum absolute atomic E-state index is 0.0144. The third-order valence-electron chi connectivity index (χ3n) is 4.70. The number of amides is 2. The van der Waals surface area contributed by atoms with Gasteiger partial charge in [0.25, 0.3) is 5.91 Å².